The van der Waals surface area contributed by atoms with E-state index in [1.54, 1.807) is 23.1 Å². The predicted molar refractivity (Wildman–Crippen MR) is 84.2 cm³/mol. The van der Waals surface area contributed by atoms with Crippen molar-refractivity contribution in [1.29, 1.82) is 10.7 Å². The maximum atomic E-state index is 10.8. The summed E-state index contributed by atoms with van der Waals surface area (Å²) < 4.78 is 0. The SMILES string of the molecule is CC12C=CC(O)=CC1=C(C#N)C(=N)N2c1ccc([N+](=O)[O-])cc1. The van der Waals surface area contributed by atoms with Crippen LogP contribution in [-0.2, 0) is 0 Å². The van der Waals surface area contributed by atoms with Gasteiger partial charge in [-0.25, -0.2) is 0 Å². The van der Waals surface area contributed by atoms with Crippen LogP contribution < -0.4 is 4.90 Å². The molecule has 1 unspecified atom stereocenters. The van der Waals surface area contributed by atoms with Crippen LogP contribution >= 0.6 is 0 Å². The Balaban J connectivity index is 2.12. The second kappa shape index (κ2) is 4.81. The molecule has 1 aliphatic carbocycles. The molecule has 0 fully saturated rings. The molecule has 23 heavy (non-hydrogen) atoms. The van der Waals surface area contributed by atoms with Crippen LogP contribution in [0.3, 0.4) is 0 Å². The number of nitro groups is 1. The van der Waals surface area contributed by atoms with Crippen LogP contribution in [0.2, 0.25) is 0 Å². The fourth-order valence-electron chi connectivity index (χ4n) is 2.91. The quantitative estimate of drug-likeness (QED) is 0.644. The summed E-state index contributed by atoms with van der Waals surface area (Å²) in [6.07, 6.45) is 4.69. The van der Waals surface area contributed by atoms with Crippen molar-refractivity contribution in [3.05, 3.63) is 69.5 Å². The molecule has 0 saturated heterocycles. The van der Waals surface area contributed by atoms with E-state index in [0.717, 1.165) is 0 Å². The van der Waals surface area contributed by atoms with E-state index in [2.05, 4.69) is 0 Å². The van der Waals surface area contributed by atoms with Crippen LogP contribution in [0, 0.1) is 26.9 Å². The number of allylic oxidation sites excluding steroid dienone is 1. The van der Waals surface area contributed by atoms with Crippen molar-refractivity contribution in [2.75, 3.05) is 4.90 Å². The summed E-state index contributed by atoms with van der Waals surface area (Å²) in [6, 6.07) is 7.80. The summed E-state index contributed by atoms with van der Waals surface area (Å²) in [5.74, 6) is 0.0121. The average Bonchev–Trinajstić information content (AvgIpc) is 2.74. The monoisotopic (exact) mass is 308 g/mol. The van der Waals surface area contributed by atoms with E-state index >= 15 is 0 Å². The highest BCUT2D eigenvalue weighted by molar-refractivity contribution is 6.16. The molecule has 0 bridgehead atoms. The molecular weight excluding hydrogens is 296 g/mol. The molecule has 0 spiro atoms. The Labute approximate surface area is 131 Å². The molecule has 1 heterocycles. The number of rotatable bonds is 2. The summed E-state index contributed by atoms with van der Waals surface area (Å²) >= 11 is 0. The molecule has 3 rings (SSSR count). The number of amidine groups is 1. The van der Waals surface area contributed by atoms with Crippen molar-refractivity contribution in [2.24, 2.45) is 0 Å². The number of nitriles is 1. The number of aliphatic hydroxyl groups is 1. The van der Waals surface area contributed by atoms with E-state index in [-0.39, 0.29) is 22.9 Å². The number of fused-ring (bicyclic) bond motifs is 1. The fraction of sp³-hybridized carbons (Fsp3) is 0.125. The van der Waals surface area contributed by atoms with Crippen molar-refractivity contribution in [1.82, 2.24) is 0 Å². The van der Waals surface area contributed by atoms with Crippen LogP contribution in [0.4, 0.5) is 11.4 Å². The van der Waals surface area contributed by atoms with Crippen molar-refractivity contribution >= 4 is 17.2 Å². The molecule has 0 radical (unpaired) electrons. The minimum absolute atomic E-state index is 0.00514. The normalized spacial score (nSPS) is 22.7. The van der Waals surface area contributed by atoms with Gasteiger partial charge >= 0.3 is 0 Å². The number of hydrogen-bond acceptors (Lipinski definition) is 5. The van der Waals surface area contributed by atoms with Crippen LogP contribution in [-0.4, -0.2) is 21.4 Å². The maximum Gasteiger partial charge on any atom is 0.269 e. The van der Waals surface area contributed by atoms with Crippen molar-refractivity contribution < 1.29 is 10.0 Å². The standard InChI is InChI=1S/C16H12N4O3/c1-16-7-6-12(21)8-14(16)13(9-17)15(18)19(16)10-2-4-11(5-3-10)20(22)23/h2-8,18,21H,1H3. The third-order valence-corrected chi connectivity index (χ3v) is 4.04. The highest BCUT2D eigenvalue weighted by atomic mass is 16.6. The Bertz CT molecular complexity index is 858. The molecular formula is C16H12N4O3. The second-order valence-electron chi connectivity index (χ2n) is 5.41. The molecule has 0 amide bonds. The summed E-state index contributed by atoms with van der Waals surface area (Å²) in [7, 11) is 0. The second-order valence-corrected chi connectivity index (χ2v) is 5.41. The Hall–Kier alpha value is -3.40. The number of hydrogen-bond donors (Lipinski definition) is 2. The van der Waals surface area contributed by atoms with E-state index in [0.29, 0.717) is 11.3 Å². The lowest BCUT2D eigenvalue weighted by molar-refractivity contribution is -0.384. The summed E-state index contributed by atoms with van der Waals surface area (Å²) in [5.41, 5.74) is 0.412. The van der Waals surface area contributed by atoms with Gasteiger partial charge < -0.3 is 10.0 Å². The molecule has 1 aliphatic heterocycles. The zero-order valence-electron chi connectivity index (χ0n) is 12.1. The molecule has 2 N–H and O–H groups in total. The molecule has 0 saturated carbocycles. The predicted octanol–water partition coefficient (Wildman–Crippen LogP) is 2.98. The first-order valence-electron chi connectivity index (χ1n) is 6.77. The van der Waals surface area contributed by atoms with Crippen LogP contribution in [0.25, 0.3) is 0 Å². The van der Waals surface area contributed by atoms with Gasteiger partial charge in [-0.1, -0.05) is 6.08 Å². The number of aliphatic hydroxyl groups excluding tert-OH is 1. The third kappa shape index (κ3) is 2.00. The van der Waals surface area contributed by atoms with Gasteiger partial charge in [0.1, 0.15) is 23.2 Å². The smallest absolute Gasteiger partial charge is 0.269 e. The molecule has 7 heteroatoms. The Morgan fingerprint density at radius 2 is 2.04 bits per heavy atom. The summed E-state index contributed by atoms with van der Waals surface area (Å²) in [5, 5.41) is 38.1. The van der Waals surface area contributed by atoms with Crippen LogP contribution in [0.15, 0.2) is 59.4 Å². The number of non-ortho nitro benzene ring substituents is 1. The molecule has 1 atom stereocenters. The number of nitrogens with zero attached hydrogens (tertiary/aromatic N) is 3. The third-order valence-electron chi connectivity index (χ3n) is 4.04. The first-order valence-corrected chi connectivity index (χ1v) is 6.77. The Morgan fingerprint density at radius 1 is 1.39 bits per heavy atom. The maximum absolute atomic E-state index is 10.8. The molecule has 1 aromatic carbocycles. The minimum Gasteiger partial charge on any atom is -0.508 e. The zero-order chi connectivity index (χ0) is 16.8. The Morgan fingerprint density at radius 3 is 2.61 bits per heavy atom. The van der Waals surface area contributed by atoms with Crippen molar-refractivity contribution in [3.8, 4) is 6.07 Å². The highest BCUT2D eigenvalue weighted by Gasteiger charge is 2.46. The molecule has 114 valence electrons. The molecule has 2 aliphatic rings. The molecule has 1 aromatic rings. The number of nitrogens with one attached hydrogen (secondary N) is 1. The van der Waals surface area contributed by atoms with E-state index in [9.17, 15) is 20.5 Å². The van der Waals surface area contributed by atoms with Gasteiger partial charge in [0.2, 0.25) is 0 Å². The van der Waals surface area contributed by atoms with Gasteiger partial charge in [0, 0.05) is 23.4 Å². The van der Waals surface area contributed by atoms with Gasteiger partial charge in [-0.2, -0.15) is 5.26 Å². The van der Waals surface area contributed by atoms with Gasteiger partial charge in [0.15, 0.2) is 0 Å². The van der Waals surface area contributed by atoms with Crippen molar-refractivity contribution in [3.63, 3.8) is 0 Å². The topological polar surface area (TPSA) is 114 Å². The zero-order valence-corrected chi connectivity index (χ0v) is 12.1. The average molecular weight is 308 g/mol. The van der Waals surface area contributed by atoms with E-state index in [4.69, 9.17) is 5.41 Å². The van der Waals surface area contributed by atoms with Gasteiger partial charge in [-0.05, 0) is 31.2 Å². The number of anilines is 1. The molecule has 0 aromatic heterocycles. The van der Waals surface area contributed by atoms with Gasteiger partial charge in [-0.3, -0.25) is 15.5 Å². The number of nitro benzene ring substituents is 1. The van der Waals surface area contributed by atoms with E-state index < -0.39 is 10.5 Å². The van der Waals surface area contributed by atoms with Crippen LogP contribution in [0.1, 0.15) is 6.92 Å². The van der Waals surface area contributed by atoms with Gasteiger partial charge in [-0.15, -0.1) is 0 Å². The molecule has 7 nitrogen and oxygen atoms in total. The Kier molecular flexibility index (Phi) is 3.04. The highest BCUT2D eigenvalue weighted by Crippen LogP contribution is 2.43. The lowest BCUT2D eigenvalue weighted by Gasteiger charge is -2.37. The van der Waals surface area contributed by atoms with Crippen LogP contribution in [0.5, 0.6) is 0 Å². The lowest BCUT2D eigenvalue weighted by atomic mass is 9.86. The minimum atomic E-state index is -0.801. The first kappa shape index (κ1) is 14.5. The fourth-order valence-corrected chi connectivity index (χ4v) is 2.91. The van der Waals surface area contributed by atoms with E-state index in [1.807, 2.05) is 13.0 Å². The lowest BCUT2D eigenvalue weighted by Crippen LogP contribution is -2.45. The van der Waals surface area contributed by atoms with E-state index in [1.165, 1.54) is 24.3 Å². The number of benzene rings is 1. The van der Waals surface area contributed by atoms with Gasteiger partial charge in [0.05, 0.1) is 10.5 Å². The van der Waals surface area contributed by atoms with Gasteiger partial charge in [0.25, 0.3) is 5.69 Å². The first-order chi connectivity index (χ1) is 10.9. The summed E-state index contributed by atoms with van der Waals surface area (Å²) in [4.78, 5) is 11.9. The van der Waals surface area contributed by atoms with Crippen molar-refractivity contribution in [2.45, 2.75) is 12.5 Å². The summed E-state index contributed by atoms with van der Waals surface area (Å²) in [6.45, 7) is 1.82. The largest absolute Gasteiger partial charge is 0.508 e.